The molecule has 1 heterocycles. The molecule has 5 nitrogen and oxygen atoms in total. The summed E-state index contributed by atoms with van der Waals surface area (Å²) in [5.41, 5.74) is 2.20. The number of hydrogen-bond donors (Lipinski definition) is 0. The number of nitrogens with zero attached hydrogens (tertiary/aromatic N) is 2. The lowest BCUT2D eigenvalue weighted by molar-refractivity contribution is -0.123. The van der Waals surface area contributed by atoms with E-state index in [4.69, 9.17) is 0 Å². The van der Waals surface area contributed by atoms with Crippen LogP contribution in [0.5, 0.6) is 0 Å². The van der Waals surface area contributed by atoms with Crippen molar-refractivity contribution in [3.05, 3.63) is 58.1 Å². The minimum Gasteiger partial charge on any atom is -0.381 e. The van der Waals surface area contributed by atoms with Gasteiger partial charge in [-0.1, -0.05) is 44.2 Å². The average Bonchev–Trinajstić information content (AvgIpc) is 2.76. The van der Waals surface area contributed by atoms with E-state index in [1.54, 1.807) is 6.08 Å². The number of rotatable bonds is 4. The van der Waals surface area contributed by atoms with Crippen molar-refractivity contribution in [2.45, 2.75) is 26.8 Å². The summed E-state index contributed by atoms with van der Waals surface area (Å²) in [5, 5.41) is 0. The van der Waals surface area contributed by atoms with E-state index in [9.17, 15) is 13.2 Å². The van der Waals surface area contributed by atoms with E-state index in [1.165, 1.54) is 0 Å². The van der Waals surface area contributed by atoms with Gasteiger partial charge in [0.1, 0.15) is 0 Å². The van der Waals surface area contributed by atoms with Crippen molar-refractivity contribution >= 4 is 15.9 Å². The molecule has 1 aliphatic carbocycles. The summed E-state index contributed by atoms with van der Waals surface area (Å²) in [4.78, 5) is 15.1. The lowest BCUT2D eigenvalue weighted by Crippen LogP contribution is -2.32. The summed E-state index contributed by atoms with van der Waals surface area (Å²) >= 11 is 0. The second-order valence-electron chi connectivity index (χ2n) is 7.17. The number of sulfonamides is 1. The molecule has 1 aromatic rings. The van der Waals surface area contributed by atoms with E-state index in [0.29, 0.717) is 12.0 Å². The van der Waals surface area contributed by atoms with Crippen LogP contribution in [0.25, 0.3) is 0 Å². The van der Waals surface area contributed by atoms with Crippen LogP contribution in [0.2, 0.25) is 0 Å². The van der Waals surface area contributed by atoms with E-state index < -0.39 is 10.0 Å². The molecule has 0 N–H and O–H groups in total. The van der Waals surface area contributed by atoms with Gasteiger partial charge < -0.3 is 4.90 Å². The number of carbonyl (C=O) groups excluding carboxylic acids is 1. The molecular weight excluding hydrogens is 336 g/mol. The normalized spacial score (nSPS) is 22.3. The van der Waals surface area contributed by atoms with E-state index >= 15 is 0 Å². The Morgan fingerprint density at radius 2 is 1.84 bits per heavy atom. The third-order valence-corrected chi connectivity index (χ3v) is 6.70. The number of amides is 1. The van der Waals surface area contributed by atoms with E-state index in [2.05, 4.69) is 0 Å². The summed E-state index contributed by atoms with van der Waals surface area (Å²) in [6, 6.07) is 9.23. The SMILES string of the molecule is CC(C)C1CC(N(C)C)=CC2=C1C(=O)N(Cc1ccccc1)S2(=O)=O. The van der Waals surface area contributed by atoms with Crippen LogP contribution >= 0.6 is 0 Å². The lowest BCUT2D eigenvalue weighted by atomic mass is 9.80. The Bertz CT molecular complexity index is 852. The molecule has 0 saturated carbocycles. The molecule has 0 saturated heterocycles. The van der Waals surface area contributed by atoms with Crippen molar-refractivity contribution in [1.82, 2.24) is 9.21 Å². The quantitative estimate of drug-likeness (QED) is 0.828. The molecule has 134 valence electrons. The summed E-state index contributed by atoms with van der Waals surface area (Å²) < 4.78 is 27.2. The Labute approximate surface area is 149 Å². The highest BCUT2D eigenvalue weighted by molar-refractivity contribution is 7.94. The van der Waals surface area contributed by atoms with Crippen LogP contribution in [0.4, 0.5) is 0 Å². The molecule has 2 aliphatic rings. The molecule has 1 amide bonds. The van der Waals surface area contributed by atoms with Crippen LogP contribution in [0.15, 0.2) is 52.6 Å². The van der Waals surface area contributed by atoms with Gasteiger partial charge in [-0.2, -0.15) is 0 Å². The maximum atomic E-state index is 13.1. The van der Waals surface area contributed by atoms with Crippen LogP contribution in [0.3, 0.4) is 0 Å². The Morgan fingerprint density at radius 1 is 1.20 bits per heavy atom. The highest BCUT2D eigenvalue weighted by atomic mass is 32.2. The van der Waals surface area contributed by atoms with E-state index in [1.807, 2.05) is 63.2 Å². The zero-order valence-electron chi connectivity index (χ0n) is 15.1. The first-order valence-corrected chi connectivity index (χ1v) is 9.90. The molecule has 0 fully saturated rings. The predicted octanol–water partition coefficient (Wildman–Crippen LogP) is 2.73. The van der Waals surface area contributed by atoms with Gasteiger partial charge in [0.2, 0.25) is 0 Å². The fourth-order valence-electron chi connectivity index (χ4n) is 3.42. The van der Waals surface area contributed by atoms with Gasteiger partial charge in [0.05, 0.1) is 11.4 Å². The van der Waals surface area contributed by atoms with Crippen molar-refractivity contribution in [3.63, 3.8) is 0 Å². The zero-order chi connectivity index (χ0) is 18.4. The Kier molecular flexibility index (Phi) is 4.49. The van der Waals surface area contributed by atoms with Gasteiger partial charge in [0.15, 0.2) is 0 Å². The number of benzene rings is 1. The molecule has 1 aliphatic heterocycles. The largest absolute Gasteiger partial charge is 0.381 e. The van der Waals surface area contributed by atoms with Crippen LogP contribution in [0, 0.1) is 11.8 Å². The molecule has 1 unspecified atom stereocenters. The maximum absolute atomic E-state index is 13.1. The molecule has 1 atom stereocenters. The lowest BCUT2D eigenvalue weighted by Gasteiger charge is -2.29. The van der Waals surface area contributed by atoms with Gasteiger partial charge in [-0.3, -0.25) is 4.79 Å². The Hall–Kier alpha value is -2.08. The fourth-order valence-corrected chi connectivity index (χ4v) is 5.10. The first kappa shape index (κ1) is 17.7. The highest BCUT2D eigenvalue weighted by Gasteiger charge is 2.47. The first-order valence-electron chi connectivity index (χ1n) is 8.46. The van der Waals surface area contributed by atoms with Gasteiger partial charge in [-0.05, 0) is 29.9 Å². The molecule has 0 bridgehead atoms. The number of allylic oxidation sites excluding steroid dienone is 2. The minimum atomic E-state index is -3.81. The molecular formula is C19H24N2O3S. The standard InChI is InChI=1S/C19H24N2O3S/c1-13(2)16-10-15(20(3)4)11-17-18(16)19(22)21(25(17,23)24)12-14-8-6-5-7-9-14/h5-9,11,13,16H,10,12H2,1-4H3. The van der Waals surface area contributed by atoms with Gasteiger partial charge >= 0.3 is 0 Å². The highest BCUT2D eigenvalue weighted by Crippen LogP contribution is 2.43. The maximum Gasteiger partial charge on any atom is 0.267 e. The molecule has 1 aromatic carbocycles. The third kappa shape index (κ3) is 2.99. The predicted molar refractivity (Wildman–Crippen MR) is 97.7 cm³/mol. The molecule has 3 rings (SSSR count). The van der Waals surface area contributed by atoms with Crippen molar-refractivity contribution in [2.24, 2.45) is 11.8 Å². The average molecular weight is 360 g/mol. The van der Waals surface area contributed by atoms with Gasteiger partial charge in [0.25, 0.3) is 15.9 Å². The van der Waals surface area contributed by atoms with Crippen LogP contribution in [0.1, 0.15) is 25.8 Å². The van der Waals surface area contributed by atoms with E-state index in [-0.39, 0.29) is 29.2 Å². The van der Waals surface area contributed by atoms with Gasteiger partial charge in [-0.25, -0.2) is 12.7 Å². The van der Waals surface area contributed by atoms with Crippen LogP contribution in [-0.2, 0) is 21.4 Å². The monoisotopic (exact) mass is 360 g/mol. The molecule has 0 radical (unpaired) electrons. The second-order valence-corrected chi connectivity index (χ2v) is 9.00. The first-order chi connectivity index (χ1) is 11.7. The summed E-state index contributed by atoms with van der Waals surface area (Å²) in [7, 11) is -0.00249. The fraction of sp³-hybridized carbons (Fsp3) is 0.421. The van der Waals surface area contributed by atoms with Crippen molar-refractivity contribution in [1.29, 1.82) is 0 Å². The minimum absolute atomic E-state index is 0.0744. The smallest absolute Gasteiger partial charge is 0.267 e. The topological polar surface area (TPSA) is 57.7 Å². The molecule has 6 heteroatoms. The van der Waals surface area contributed by atoms with Crippen molar-refractivity contribution < 1.29 is 13.2 Å². The van der Waals surface area contributed by atoms with Gasteiger partial charge in [-0.15, -0.1) is 0 Å². The molecule has 0 aromatic heterocycles. The number of hydrogen-bond acceptors (Lipinski definition) is 4. The summed E-state index contributed by atoms with van der Waals surface area (Å²) in [5.74, 6) is -0.267. The summed E-state index contributed by atoms with van der Waals surface area (Å²) in [6.45, 7) is 4.15. The number of carbonyl (C=O) groups is 1. The molecule has 0 spiro atoms. The second kappa shape index (κ2) is 6.33. The van der Waals surface area contributed by atoms with E-state index in [0.717, 1.165) is 15.6 Å². The molecule has 25 heavy (non-hydrogen) atoms. The third-order valence-electron chi connectivity index (χ3n) is 4.94. The van der Waals surface area contributed by atoms with Crippen LogP contribution < -0.4 is 0 Å². The van der Waals surface area contributed by atoms with Crippen molar-refractivity contribution in [2.75, 3.05) is 14.1 Å². The van der Waals surface area contributed by atoms with Gasteiger partial charge in [0, 0.05) is 25.4 Å². The summed E-state index contributed by atoms with van der Waals surface area (Å²) in [6.07, 6.45) is 2.36. The Morgan fingerprint density at radius 3 is 2.40 bits per heavy atom. The Balaban J connectivity index is 2.06. The zero-order valence-corrected chi connectivity index (χ0v) is 15.9. The van der Waals surface area contributed by atoms with Crippen LogP contribution in [-0.4, -0.2) is 37.6 Å². The van der Waals surface area contributed by atoms with Crippen molar-refractivity contribution in [3.8, 4) is 0 Å².